The number of nitrogens with one attached hydrogen (secondary N) is 1. The Hall–Kier alpha value is -1.73. The highest BCUT2D eigenvalue weighted by atomic mass is 19.4. The number of halogens is 3. The van der Waals surface area contributed by atoms with Crippen LogP contribution in [0.25, 0.3) is 0 Å². The number of alkyl halides is 3. The molecule has 1 rings (SSSR count). The molecule has 0 spiro atoms. The lowest BCUT2D eigenvalue weighted by Crippen LogP contribution is -2.57. The first-order valence-corrected chi connectivity index (χ1v) is 5.57. The van der Waals surface area contributed by atoms with Gasteiger partial charge in [0.15, 0.2) is 0 Å². The van der Waals surface area contributed by atoms with Crippen molar-refractivity contribution in [1.29, 1.82) is 0 Å². The zero-order valence-corrected chi connectivity index (χ0v) is 10.00. The quantitative estimate of drug-likeness (QED) is 0.774. The zero-order chi connectivity index (χ0) is 14.7. The van der Waals surface area contributed by atoms with Crippen LogP contribution < -0.4 is 5.32 Å². The van der Waals surface area contributed by atoms with Crippen LogP contribution in [0.1, 0.15) is 19.3 Å². The largest absolute Gasteiger partial charge is 0.481 e. The van der Waals surface area contributed by atoms with E-state index in [2.05, 4.69) is 11.3 Å². The molecule has 1 aliphatic carbocycles. The highest BCUT2D eigenvalue weighted by Crippen LogP contribution is 2.45. The first-order chi connectivity index (χ1) is 8.72. The van der Waals surface area contributed by atoms with E-state index in [0.29, 0.717) is 0 Å². The summed E-state index contributed by atoms with van der Waals surface area (Å²) in [4.78, 5) is 22.0. The zero-order valence-electron chi connectivity index (χ0n) is 10.00. The maximum atomic E-state index is 13.1. The van der Waals surface area contributed by atoms with Gasteiger partial charge in [-0.05, 0) is 19.3 Å². The van der Waals surface area contributed by atoms with Crippen LogP contribution in [0.4, 0.5) is 18.0 Å². The number of carboxylic acids is 1. The van der Waals surface area contributed by atoms with Gasteiger partial charge in [-0.25, -0.2) is 4.79 Å². The van der Waals surface area contributed by atoms with Crippen molar-refractivity contribution in [3.8, 4) is 0 Å². The predicted octanol–water partition coefficient (Wildman–Crippen LogP) is 2.08. The van der Waals surface area contributed by atoms with Gasteiger partial charge in [0.1, 0.15) is 12.1 Å². The molecule has 8 heteroatoms. The Morgan fingerprint density at radius 3 is 2.58 bits per heavy atom. The van der Waals surface area contributed by atoms with Crippen molar-refractivity contribution in [1.82, 2.24) is 5.32 Å². The topological polar surface area (TPSA) is 75.6 Å². The monoisotopic (exact) mass is 281 g/mol. The van der Waals surface area contributed by atoms with Gasteiger partial charge in [0, 0.05) is 0 Å². The van der Waals surface area contributed by atoms with Crippen LogP contribution in [-0.2, 0) is 9.53 Å². The van der Waals surface area contributed by atoms with Gasteiger partial charge >= 0.3 is 18.2 Å². The molecule has 0 heterocycles. The van der Waals surface area contributed by atoms with Crippen LogP contribution >= 0.6 is 0 Å². The average molecular weight is 281 g/mol. The number of amides is 1. The highest BCUT2D eigenvalue weighted by Gasteiger charge is 2.60. The summed E-state index contributed by atoms with van der Waals surface area (Å²) in [6, 6.07) is 0. The van der Waals surface area contributed by atoms with Crippen molar-refractivity contribution in [2.75, 3.05) is 6.61 Å². The molecule has 1 fully saturated rings. The van der Waals surface area contributed by atoms with Gasteiger partial charge in [0.2, 0.25) is 0 Å². The fourth-order valence-corrected chi connectivity index (χ4v) is 2.06. The van der Waals surface area contributed by atoms with Crippen LogP contribution in [0, 0.1) is 5.92 Å². The summed E-state index contributed by atoms with van der Waals surface area (Å²) < 4.78 is 43.6. The van der Waals surface area contributed by atoms with Gasteiger partial charge in [0.05, 0.1) is 5.92 Å². The van der Waals surface area contributed by atoms with Gasteiger partial charge in [-0.15, -0.1) is 0 Å². The van der Waals surface area contributed by atoms with Crippen molar-refractivity contribution >= 4 is 12.1 Å². The molecule has 2 unspecified atom stereocenters. The van der Waals surface area contributed by atoms with Crippen molar-refractivity contribution in [2.24, 2.45) is 5.92 Å². The van der Waals surface area contributed by atoms with Gasteiger partial charge < -0.3 is 15.2 Å². The smallest absolute Gasteiger partial charge is 0.411 e. The van der Waals surface area contributed by atoms with E-state index in [0.717, 1.165) is 0 Å². The minimum absolute atomic E-state index is 0.142. The third kappa shape index (κ3) is 3.39. The number of rotatable bonds is 4. The van der Waals surface area contributed by atoms with Gasteiger partial charge in [0.25, 0.3) is 0 Å². The lowest BCUT2D eigenvalue weighted by atomic mass is 9.95. The maximum Gasteiger partial charge on any atom is 0.411 e. The van der Waals surface area contributed by atoms with E-state index in [-0.39, 0.29) is 13.0 Å². The van der Waals surface area contributed by atoms with Gasteiger partial charge in [-0.1, -0.05) is 12.7 Å². The Kier molecular flexibility index (Phi) is 4.43. The summed E-state index contributed by atoms with van der Waals surface area (Å²) in [7, 11) is 0. The van der Waals surface area contributed by atoms with E-state index in [4.69, 9.17) is 5.11 Å². The molecule has 0 saturated heterocycles. The summed E-state index contributed by atoms with van der Waals surface area (Å²) in [5, 5.41) is 10.5. The van der Waals surface area contributed by atoms with Crippen molar-refractivity contribution in [3.63, 3.8) is 0 Å². The summed E-state index contributed by atoms with van der Waals surface area (Å²) in [6.45, 7) is 3.04. The molecule has 0 bridgehead atoms. The van der Waals surface area contributed by atoms with Crippen LogP contribution in [0.15, 0.2) is 12.7 Å². The third-order valence-electron chi connectivity index (χ3n) is 3.08. The number of hydrogen-bond acceptors (Lipinski definition) is 3. The van der Waals surface area contributed by atoms with E-state index < -0.39 is 42.5 Å². The van der Waals surface area contributed by atoms with Gasteiger partial charge in [-0.3, -0.25) is 4.79 Å². The fraction of sp³-hybridized carbons (Fsp3) is 0.636. The maximum absolute atomic E-state index is 13.1. The first-order valence-electron chi connectivity index (χ1n) is 5.57. The second-order valence-corrected chi connectivity index (χ2v) is 4.37. The van der Waals surface area contributed by atoms with E-state index in [1.54, 1.807) is 5.32 Å². The van der Waals surface area contributed by atoms with E-state index >= 15 is 0 Å². The SMILES string of the molecule is C=CCOC(=O)NC1(C(F)(F)F)CCC(C(=O)O)C1. The van der Waals surface area contributed by atoms with E-state index in [1.807, 2.05) is 0 Å². The number of carbonyl (C=O) groups excluding carboxylic acids is 1. The highest BCUT2D eigenvalue weighted by molar-refractivity contribution is 5.72. The first kappa shape index (κ1) is 15.3. The standard InChI is InChI=1S/C11H14F3NO4/c1-2-5-19-9(18)15-10(11(12,13)14)4-3-7(6-10)8(16)17/h2,7H,1,3-6H2,(H,15,18)(H,16,17). The Morgan fingerprint density at radius 1 is 1.53 bits per heavy atom. The molecule has 0 aromatic heterocycles. The summed E-state index contributed by atoms with van der Waals surface area (Å²) in [6.07, 6.45) is -6.05. The molecule has 0 radical (unpaired) electrons. The minimum atomic E-state index is -4.73. The molecule has 2 atom stereocenters. The molecule has 5 nitrogen and oxygen atoms in total. The number of aliphatic carboxylic acids is 1. The lowest BCUT2D eigenvalue weighted by molar-refractivity contribution is -0.193. The molecular formula is C11H14F3NO4. The van der Waals surface area contributed by atoms with Crippen LogP contribution in [0.5, 0.6) is 0 Å². The normalized spacial score (nSPS) is 26.8. The molecule has 0 aromatic rings. The van der Waals surface area contributed by atoms with E-state index in [9.17, 15) is 22.8 Å². The van der Waals surface area contributed by atoms with Crippen molar-refractivity contribution < 1.29 is 32.6 Å². The van der Waals surface area contributed by atoms with E-state index in [1.165, 1.54) is 6.08 Å². The molecule has 1 saturated carbocycles. The molecule has 0 aliphatic heterocycles. The number of carbonyl (C=O) groups is 2. The second-order valence-electron chi connectivity index (χ2n) is 4.37. The Bertz CT molecular complexity index is 383. The van der Waals surface area contributed by atoms with Crippen LogP contribution in [-0.4, -0.2) is 35.5 Å². The number of ether oxygens (including phenoxy) is 1. The second kappa shape index (κ2) is 5.50. The number of alkyl carbamates (subject to hydrolysis) is 1. The third-order valence-corrected chi connectivity index (χ3v) is 3.08. The number of carboxylic acid groups (broad SMARTS) is 1. The van der Waals surface area contributed by atoms with Crippen LogP contribution in [0.3, 0.4) is 0 Å². The van der Waals surface area contributed by atoms with Crippen molar-refractivity contribution in [2.45, 2.75) is 31.0 Å². The molecule has 1 amide bonds. The molecule has 0 aromatic carbocycles. The predicted molar refractivity (Wildman–Crippen MR) is 58.4 cm³/mol. The Morgan fingerprint density at radius 2 is 2.16 bits per heavy atom. The fourth-order valence-electron chi connectivity index (χ4n) is 2.06. The van der Waals surface area contributed by atoms with Crippen LogP contribution in [0.2, 0.25) is 0 Å². The summed E-state index contributed by atoms with van der Waals surface area (Å²) in [5.74, 6) is -2.42. The van der Waals surface area contributed by atoms with Crippen molar-refractivity contribution in [3.05, 3.63) is 12.7 Å². The molecular weight excluding hydrogens is 267 g/mol. The van der Waals surface area contributed by atoms with Gasteiger partial charge in [-0.2, -0.15) is 13.2 Å². The summed E-state index contributed by atoms with van der Waals surface area (Å²) in [5.41, 5.74) is -2.53. The number of hydrogen-bond donors (Lipinski definition) is 2. The lowest BCUT2D eigenvalue weighted by Gasteiger charge is -2.32. The molecule has 108 valence electrons. The molecule has 1 aliphatic rings. The molecule has 19 heavy (non-hydrogen) atoms. The Balaban J connectivity index is 2.82. The molecule has 2 N–H and O–H groups in total. The average Bonchev–Trinajstić information content (AvgIpc) is 2.71. The Labute approximate surface area is 107 Å². The minimum Gasteiger partial charge on any atom is -0.481 e. The summed E-state index contributed by atoms with van der Waals surface area (Å²) >= 11 is 0.